The fourth-order valence-corrected chi connectivity index (χ4v) is 2.05. The molecule has 0 heterocycles. The van der Waals surface area contributed by atoms with Crippen molar-refractivity contribution in [2.45, 2.75) is 44.6 Å². The molecule has 0 aliphatic heterocycles. The van der Waals surface area contributed by atoms with Crippen LogP contribution in [0.25, 0.3) is 0 Å². The summed E-state index contributed by atoms with van der Waals surface area (Å²) in [7, 11) is 0. The Hall–Kier alpha value is -2.05. The van der Waals surface area contributed by atoms with Gasteiger partial charge in [-0.3, -0.25) is 4.79 Å². The van der Waals surface area contributed by atoms with Crippen molar-refractivity contribution < 1.29 is 27.5 Å². The van der Waals surface area contributed by atoms with E-state index in [-0.39, 0.29) is 12.6 Å². The molecular weight excluding hydrogens is 311 g/mol. The lowest BCUT2D eigenvalue weighted by Gasteiger charge is -2.23. The van der Waals surface area contributed by atoms with Crippen molar-refractivity contribution >= 4 is 11.8 Å². The summed E-state index contributed by atoms with van der Waals surface area (Å²) in [5, 5.41) is 2.84. The molecule has 7 heteroatoms. The van der Waals surface area contributed by atoms with Gasteiger partial charge in [0.15, 0.2) is 5.67 Å². The summed E-state index contributed by atoms with van der Waals surface area (Å²) in [4.78, 5) is 24.3. The zero-order chi connectivity index (χ0) is 17.2. The number of nitrogens with one attached hydrogen (secondary N) is 1. The smallest absolute Gasteiger partial charge is 0.343 e. The predicted octanol–water partition coefficient (Wildman–Crippen LogP) is 2.61. The van der Waals surface area contributed by atoms with E-state index in [0.717, 1.165) is 26.0 Å². The van der Waals surface area contributed by atoms with Crippen LogP contribution in [0.3, 0.4) is 0 Å². The van der Waals surface area contributed by atoms with Crippen molar-refractivity contribution in [3.63, 3.8) is 0 Å². The van der Waals surface area contributed by atoms with E-state index < -0.39 is 40.6 Å². The SMILES string of the molecule is CCOC(=O)/C(=C\NC1CC1)C(=O)C1=CC(C)(F)C(F)=CC1F. The van der Waals surface area contributed by atoms with Crippen LogP contribution in [0.1, 0.15) is 26.7 Å². The average molecular weight is 329 g/mol. The molecule has 2 rings (SSSR count). The van der Waals surface area contributed by atoms with Gasteiger partial charge in [-0.1, -0.05) is 0 Å². The van der Waals surface area contributed by atoms with Crippen LogP contribution in [0.2, 0.25) is 0 Å². The molecule has 126 valence electrons. The maximum Gasteiger partial charge on any atom is 0.343 e. The highest BCUT2D eigenvalue weighted by Crippen LogP contribution is 2.34. The predicted molar refractivity (Wildman–Crippen MR) is 77.6 cm³/mol. The molecule has 2 aliphatic rings. The van der Waals surface area contributed by atoms with Gasteiger partial charge >= 0.3 is 5.97 Å². The molecule has 1 N–H and O–H groups in total. The van der Waals surface area contributed by atoms with Gasteiger partial charge in [0, 0.05) is 17.8 Å². The molecule has 2 aliphatic carbocycles. The van der Waals surface area contributed by atoms with Gasteiger partial charge in [0.2, 0.25) is 5.78 Å². The highest BCUT2D eigenvalue weighted by Gasteiger charge is 2.38. The maximum atomic E-state index is 14.0. The molecule has 0 spiro atoms. The molecular formula is C16H18F3NO3. The van der Waals surface area contributed by atoms with Crippen LogP contribution in [0.15, 0.2) is 35.3 Å². The summed E-state index contributed by atoms with van der Waals surface area (Å²) >= 11 is 0. The zero-order valence-electron chi connectivity index (χ0n) is 12.9. The van der Waals surface area contributed by atoms with Crippen LogP contribution in [-0.4, -0.2) is 36.2 Å². The Bertz CT molecular complexity index is 604. The number of halogens is 3. The number of hydrogen-bond donors (Lipinski definition) is 1. The zero-order valence-corrected chi connectivity index (χ0v) is 12.9. The van der Waals surface area contributed by atoms with Gasteiger partial charge in [-0.25, -0.2) is 18.0 Å². The van der Waals surface area contributed by atoms with E-state index in [1.807, 2.05) is 0 Å². The fraction of sp³-hybridized carbons (Fsp3) is 0.500. The largest absolute Gasteiger partial charge is 0.462 e. The van der Waals surface area contributed by atoms with Crippen molar-refractivity contribution in [1.29, 1.82) is 0 Å². The van der Waals surface area contributed by atoms with E-state index in [4.69, 9.17) is 4.74 Å². The number of Topliss-reactive ketones (excluding diaryl/α,β-unsaturated/α-hetero) is 1. The minimum Gasteiger partial charge on any atom is -0.462 e. The van der Waals surface area contributed by atoms with Crippen molar-refractivity contribution in [1.82, 2.24) is 5.32 Å². The number of ether oxygens (including phenoxy) is 1. The van der Waals surface area contributed by atoms with Crippen molar-refractivity contribution in [3.05, 3.63) is 35.3 Å². The third kappa shape index (κ3) is 4.03. The first-order chi connectivity index (χ1) is 10.8. The van der Waals surface area contributed by atoms with E-state index in [2.05, 4.69) is 5.32 Å². The third-order valence-electron chi connectivity index (χ3n) is 3.53. The molecule has 0 bridgehead atoms. The summed E-state index contributed by atoms with van der Waals surface area (Å²) < 4.78 is 46.1. The second-order valence-corrected chi connectivity index (χ2v) is 5.64. The van der Waals surface area contributed by atoms with Crippen LogP contribution in [0.4, 0.5) is 13.2 Å². The molecule has 1 fully saturated rings. The minimum absolute atomic E-state index is 0.0281. The van der Waals surface area contributed by atoms with Gasteiger partial charge in [0.25, 0.3) is 0 Å². The Balaban J connectivity index is 2.29. The van der Waals surface area contributed by atoms with Crippen LogP contribution >= 0.6 is 0 Å². The number of esters is 1. The molecule has 0 aromatic heterocycles. The number of carbonyl (C=O) groups excluding carboxylic acids is 2. The quantitative estimate of drug-likeness (QED) is 0.352. The van der Waals surface area contributed by atoms with Crippen LogP contribution in [-0.2, 0) is 14.3 Å². The van der Waals surface area contributed by atoms with E-state index >= 15 is 0 Å². The first-order valence-electron chi connectivity index (χ1n) is 7.37. The van der Waals surface area contributed by atoms with Crippen molar-refractivity contribution in [2.75, 3.05) is 6.61 Å². The Morgan fingerprint density at radius 1 is 1.48 bits per heavy atom. The van der Waals surface area contributed by atoms with Gasteiger partial charge in [-0.05, 0) is 38.8 Å². The Labute approximate surface area is 132 Å². The highest BCUT2D eigenvalue weighted by molar-refractivity contribution is 6.24. The second kappa shape index (κ2) is 6.60. The number of hydrogen-bond acceptors (Lipinski definition) is 4. The summed E-state index contributed by atoms with van der Waals surface area (Å²) in [6.45, 7) is 2.46. The Morgan fingerprint density at radius 3 is 2.70 bits per heavy atom. The minimum atomic E-state index is -2.59. The summed E-state index contributed by atoms with van der Waals surface area (Å²) in [5.74, 6) is -3.26. The highest BCUT2D eigenvalue weighted by atomic mass is 19.2. The lowest BCUT2D eigenvalue weighted by molar-refractivity contribution is -0.139. The molecule has 1 saturated carbocycles. The fourth-order valence-electron chi connectivity index (χ4n) is 2.05. The summed E-state index contributed by atoms with van der Waals surface area (Å²) in [5.41, 5.74) is -3.63. The molecule has 0 saturated heterocycles. The van der Waals surface area contributed by atoms with E-state index in [1.54, 1.807) is 6.92 Å². The molecule has 0 aromatic rings. The monoisotopic (exact) mass is 329 g/mol. The Morgan fingerprint density at radius 2 is 2.13 bits per heavy atom. The summed E-state index contributed by atoms with van der Waals surface area (Å²) in [6.07, 6.45) is 1.79. The maximum absolute atomic E-state index is 14.0. The van der Waals surface area contributed by atoms with Crippen LogP contribution in [0.5, 0.6) is 0 Å². The van der Waals surface area contributed by atoms with Crippen molar-refractivity contribution in [2.24, 2.45) is 0 Å². The number of rotatable bonds is 6. The van der Waals surface area contributed by atoms with Gasteiger partial charge in [-0.15, -0.1) is 0 Å². The van der Waals surface area contributed by atoms with Gasteiger partial charge < -0.3 is 10.1 Å². The number of carbonyl (C=O) groups is 2. The Kier molecular flexibility index (Phi) is 4.97. The standard InChI is InChI=1S/C16H18F3NO3/c1-3-23-15(22)11(8-20-9-4-5-9)14(21)10-7-16(2,19)13(18)6-12(10)17/h6-9,12,20H,3-5H2,1-2H3/b11-8-. The normalized spacial score (nSPS) is 27.9. The van der Waals surface area contributed by atoms with Crippen LogP contribution < -0.4 is 5.32 Å². The van der Waals surface area contributed by atoms with Gasteiger partial charge in [0.1, 0.15) is 17.6 Å². The van der Waals surface area contributed by atoms with Crippen molar-refractivity contribution in [3.8, 4) is 0 Å². The molecule has 0 aromatic carbocycles. The van der Waals surface area contributed by atoms with E-state index in [1.165, 1.54) is 0 Å². The summed E-state index contributed by atoms with van der Waals surface area (Å²) in [6, 6.07) is 0.150. The lowest BCUT2D eigenvalue weighted by Crippen LogP contribution is -2.30. The molecule has 0 radical (unpaired) electrons. The number of ketones is 1. The third-order valence-corrected chi connectivity index (χ3v) is 3.53. The number of alkyl halides is 2. The second-order valence-electron chi connectivity index (χ2n) is 5.64. The van der Waals surface area contributed by atoms with E-state index in [9.17, 15) is 22.8 Å². The average Bonchev–Trinajstić information content (AvgIpc) is 3.27. The van der Waals surface area contributed by atoms with Gasteiger partial charge in [0.05, 0.1) is 6.61 Å². The van der Waals surface area contributed by atoms with E-state index in [0.29, 0.717) is 12.2 Å². The van der Waals surface area contributed by atoms with Gasteiger partial charge in [-0.2, -0.15) is 0 Å². The lowest BCUT2D eigenvalue weighted by atomic mass is 9.89. The number of allylic oxidation sites excluding steroid dienone is 4. The molecule has 23 heavy (non-hydrogen) atoms. The van der Waals surface area contributed by atoms with Crippen LogP contribution in [0, 0.1) is 0 Å². The molecule has 2 unspecified atom stereocenters. The first-order valence-corrected chi connectivity index (χ1v) is 7.37. The molecule has 0 amide bonds. The first kappa shape index (κ1) is 17.3. The topological polar surface area (TPSA) is 55.4 Å². The molecule has 2 atom stereocenters. The molecule has 4 nitrogen and oxygen atoms in total.